The highest BCUT2D eigenvalue weighted by molar-refractivity contribution is 5.37. The number of ether oxygens (including phenoxy) is 1. The maximum absolute atomic E-state index is 6.26. The van der Waals surface area contributed by atoms with Gasteiger partial charge in [-0.2, -0.15) is 0 Å². The van der Waals surface area contributed by atoms with E-state index in [1.165, 1.54) is 18.4 Å². The van der Waals surface area contributed by atoms with Crippen LogP contribution in [0, 0.1) is 5.92 Å². The van der Waals surface area contributed by atoms with Crippen LogP contribution in [-0.4, -0.2) is 12.1 Å². The number of fused-ring (bicyclic) bond motifs is 1. The maximum Gasteiger partial charge on any atom is 0.123 e. The first-order chi connectivity index (χ1) is 8.20. The van der Waals surface area contributed by atoms with Gasteiger partial charge in [0.15, 0.2) is 0 Å². The molecule has 94 valence electrons. The molecule has 3 unspecified atom stereocenters. The average Bonchev–Trinajstić information content (AvgIpc) is 2.72. The van der Waals surface area contributed by atoms with Crippen LogP contribution in [0.5, 0.6) is 5.75 Å². The zero-order valence-electron chi connectivity index (χ0n) is 10.9. The first-order valence-corrected chi connectivity index (χ1v) is 6.70. The molecule has 1 aromatic carbocycles. The summed E-state index contributed by atoms with van der Waals surface area (Å²) >= 11 is 0. The Morgan fingerprint density at radius 3 is 2.88 bits per heavy atom. The van der Waals surface area contributed by atoms with Crippen molar-refractivity contribution in [3.63, 3.8) is 0 Å². The number of benzene rings is 1. The lowest BCUT2D eigenvalue weighted by atomic mass is 9.93. The summed E-state index contributed by atoms with van der Waals surface area (Å²) in [5.41, 5.74) is 7.57. The van der Waals surface area contributed by atoms with E-state index in [1.54, 1.807) is 0 Å². The van der Waals surface area contributed by atoms with Crippen LogP contribution in [0.3, 0.4) is 0 Å². The third-order valence-corrected chi connectivity index (χ3v) is 3.61. The van der Waals surface area contributed by atoms with Gasteiger partial charge in [-0.3, -0.25) is 0 Å². The highest BCUT2D eigenvalue weighted by Crippen LogP contribution is 2.30. The molecule has 0 bridgehead atoms. The summed E-state index contributed by atoms with van der Waals surface area (Å²) in [7, 11) is 0. The molecule has 1 aliphatic rings. The fourth-order valence-corrected chi connectivity index (χ4v) is 2.67. The fourth-order valence-electron chi connectivity index (χ4n) is 2.67. The first-order valence-electron chi connectivity index (χ1n) is 6.70. The van der Waals surface area contributed by atoms with Crippen LogP contribution < -0.4 is 10.5 Å². The van der Waals surface area contributed by atoms with Crippen molar-refractivity contribution in [1.29, 1.82) is 0 Å². The van der Waals surface area contributed by atoms with Gasteiger partial charge in [0.05, 0.1) is 0 Å². The highest BCUT2D eigenvalue weighted by atomic mass is 16.5. The van der Waals surface area contributed by atoms with Gasteiger partial charge in [0, 0.05) is 12.5 Å². The average molecular weight is 233 g/mol. The minimum Gasteiger partial charge on any atom is -0.488 e. The molecule has 1 aromatic rings. The molecule has 0 aliphatic carbocycles. The van der Waals surface area contributed by atoms with Gasteiger partial charge in [0.2, 0.25) is 0 Å². The van der Waals surface area contributed by atoms with E-state index in [0.29, 0.717) is 5.92 Å². The third kappa shape index (κ3) is 3.01. The molecule has 0 saturated carbocycles. The molecule has 0 spiro atoms. The summed E-state index contributed by atoms with van der Waals surface area (Å²) in [6.07, 6.45) is 4.70. The van der Waals surface area contributed by atoms with Gasteiger partial charge < -0.3 is 10.5 Å². The standard InChI is InChI=1S/C15H23NO/c1-3-6-11(2)9-13(16)15-10-12-7-4-5-8-14(12)17-15/h4-5,7-8,11,13,15H,3,6,9-10,16H2,1-2H3. The van der Waals surface area contributed by atoms with Crippen LogP contribution in [0.2, 0.25) is 0 Å². The topological polar surface area (TPSA) is 35.2 Å². The lowest BCUT2D eigenvalue weighted by molar-refractivity contribution is 0.182. The van der Waals surface area contributed by atoms with E-state index in [-0.39, 0.29) is 12.1 Å². The Kier molecular flexibility index (Phi) is 4.06. The Bertz CT molecular complexity index is 339. The lowest BCUT2D eigenvalue weighted by Crippen LogP contribution is -2.39. The normalized spacial score (nSPS) is 21.7. The number of hydrogen-bond donors (Lipinski definition) is 1. The second-order valence-electron chi connectivity index (χ2n) is 5.26. The summed E-state index contributed by atoms with van der Waals surface area (Å²) in [5, 5.41) is 0. The Morgan fingerprint density at radius 2 is 2.18 bits per heavy atom. The maximum atomic E-state index is 6.26. The Balaban J connectivity index is 1.89. The molecule has 2 nitrogen and oxygen atoms in total. The largest absolute Gasteiger partial charge is 0.488 e. The Labute approximate surface area is 104 Å². The van der Waals surface area contributed by atoms with Crippen molar-refractivity contribution < 1.29 is 4.74 Å². The van der Waals surface area contributed by atoms with Crippen LogP contribution in [0.25, 0.3) is 0 Å². The second kappa shape index (κ2) is 5.54. The fraction of sp³-hybridized carbons (Fsp3) is 0.600. The molecule has 2 N–H and O–H groups in total. The van der Waals surface area contributed by atoms with Crippen LogP contribution in [-0.2, 0) is 6.42 Å². The van der Waals surface area contributed by atoms with Crippen molar-refractivity contribution in [3.8, 4) is 5.75 Å². The number of rotatable bonds is 5. The van der Waals surface area contributed by atoms with Gasteiger partial charge in [-0.15, -0.1) is 0 Å². The van der Waals surface area contributed by atoms with E-state index in [4.69, 9.17) is 10.5 Å². The monoisotopic (exact) mass is 233 g/mol. The lowest BCUT2D eigenvalue weighted by Gasteiger charge is -2.22. The molecular weight excluding hydrogens is 210 g/mol. The number of para-hydroxylation sites is 1. The quantitative estimate of drug-likeness (QED) is 0.848. The SMILES string of the molecule is CCCC(C)CC(N)C1Cc2ccccc2O1. The van der Waals surface area contributed by atoms with E-state index < -0.39 is 0 Å². The Morgan fingerprint density at radius 1 is 1.41 bits per heavy atom. The van der Waals surface area contributed by atoms with E-state index in [2.05, 4.69) is 26.0 Å². The van der Waals surface area contributed by atoms with E-state index in [9.17, 15) is 0 Å². The van der Waals surface area contributed by atoms with Gasteiger partial charge in [-0.25, -0.2) is 0 Å². The molecule has 0 aromatic heterocycles. The minimum atomic E-state index is 0.156. The summed E-state index contributed by atoms with van der Waals surface area (Å²) in [5.74, 6) is 1.72. The third-order valence-electron chi connectivity index (χ3n) is 3.61. The number of nitrogens with two attached hydrogens (primary N) is 1. The molecule has 1 heterocycles. The van der Waals surface area contributed by atoms with E-state index in [1.807, 2.05) is 12.1 Å². The molecule has 17 heavy (non-hydrogen) atoms. The molecule has 3 atom stereocenters. The summed E-state index contributed by atoms with van der Waals surface area (Å²) in [6.45, 7) is 4.51. The predicted octanol–water partition coefficient (Wildman–Crippen LogP) is 3.14. The van der Waals surface area contributed by atoms with E-state index in [0.717, 1.165) is 18.6 Å². The van der Waals surface area contributed by atoms with Gasteiger partial charge in [-0.1, -0.05) is 44.9 Å². The van der Waals surface area contributed by atoms with E-state index >= 15 is 0 Å². The van der Waals surface area contributed by atoms with Crippen molar-refractivity contribution in [2.75, 3.05) is 0 Å². The minimum absolute atomic E-state index is 0.156. The zero-order chi connectivity index (χ0) is 12.3. The van der Waals surface area contributed by atoms with Gasteiger partial charge in [-0.05, 0) is 24.0 Å². The van der Waals surface area contributed by atoms with Crippen molar-refractivity contribution in [2.24, 2.45) is 11.7 Å². The second-order valence-corrected chi connectivity index (χ2v) is 5.26. The van der Waals surface area contributed by atoms with Gasteiger partial charge in [0.1, 0.15) is 11.9 Å². The predicted molar refractivity (Wildman–Crippen MR) is 71.2 cm³/mol. The smallest absolute Gasteiger partial charge is 0.123 e. The Hall–Kier alpha value is -1.02. The zero-order valence-corrected chi connectivity index (χ0v) is 10.9. The summed E-state index contributed by atoms with van der Waals surface area (Å²) < 4.78 is 5.92. The van der Waals surface area contributed by atoms with Crippen LogP contribution in [0.1, 0.15) is 38.7 Å². The van der Waals surface area contributed by atoms with Crippen molar-refractivity contribution in [3.05, 3.63) is 29.8 Å². The molecule has 1 aliphatic heterocycles. The molecule has 0 amide bonds. The van der Waals surface area contributed by atoms with Gasteiger partial charge >= 0.3 is 0 Å². The van der Waals surface area contributed by atoms with Crippen LogP contribution >= 0.6 is 0 Å². The summed E-state index contributed by atoms with van der Waals surface area (Å²) in [6, 6.07) is 8.42. The molecule has 0 fully saturated rings. The molecule has 2 rings (SSSR count). The highest BCUT2D eigenvalue weighted by Gasteiger charge is 2.28. The molecule has 2 heteroatoms. The van der Waals surface area contributed by atoms with Crippen molar-refractivity contribution in [2.45, 2.75) is 51.7 Å². The molecular formula is C15H23NO. The number of hydrogen-bond acceptors (Lipinski definition) is 2. The van der Waals surface area contributed by atoms with Crippen LogP contribution in [0.15, 0.2) is 24.3 Å². The summed E-state index contributed by atoms with van der Waals surface area (Å²) in [4.78, 5) is 0. The molecule has 0 saturated heterocycles. The van der Waals surface area contributed by atoms with Crippen LogP contribution in [0.4, 0.5) is 0 Å². The van der Waals surface area contributed by atoms with Crippen molar-refractivity contribution >= 4 is 0 Å². The van der Waals surface area contributed by atoms with Gasteiger partial charge in [0.25, 0.3) is 0 Å². The molecule has 0 radical (unpaired) electrons. The van der Waals surface area contributed by atoms with Crippen molar-refractivity contribution in [1.82, 2.24) is 0 Å². The first kappa shape index (κ1) is 12.4.